The van der Waals surface area contributed by atoms with Gasteiger partial charge in [0.25, 0.3) is 5.89 Å². The molecule has 2 rings (SSSR count). The summed E-state index contributed by atoms with van der Waals surface area (Å²) in [5.41, 5.74) is 0.233. The molecular weight excluding hydrogens is 324 g/mol. The van der Waals surface area contributed by atoms with Gasteiger partial charge in [0.2, 0.25) is 0 Å². The van der Waals surface area contributed by atoms with Crippen LogP contribution in [0.5, 0.6) is 11.5 Å². The summed E-state index contributed by atoms with van der Waals surface area (Å²) in [5.74, 6) is 1.03. The molecule has 8 heteroatoms. The lowest BCUT2D eigenvalue weighted by Gasteiger charge is -2.11. The maximum Gasteiger partial charge on any atom is 0.338 e. The minimum atomic E-state index is -0.586. The van der Waals surface area contributed by atoms with E-state index in [9.17, 15) is 4.79 Å². The van der Waals surface area contributed by atoms with E-state index in [1.54, 1.807) is 0 Å². The first-order valence-corrected chi connectivity index (χ1v) is 7.25. The summed E-state index contributed by atoms with van der Waals surface area (Å²) < 4.78 is 20.4. The number of rotatable bonds is 6. The molecule has 0 fully saturated rings. The number of hydrogen-bond donors (Lipinski definition) is 0. The van der Waals surface area contributed by atoms with Crippen LogP contribution in [0.4, 0.5) is 0 Å². The molecule has 0 saturated heterocycles. The van der Waals surface area contributed by atoms with Gasteiger partial charge >= 0.3 is 5.97 Å². The second-order valence-corrected chi connectivity index (χ2v) is 5.38. The monoisotopic (exact) mass is 340 g/mol. The molecule has 124 valence electrons. The van der Waals surface area contributed by atoms with Crippen LogP contribution in [0.3, 0.4) is 0 Å². The van der Waals surface area contributed by atoms with Crippen molar-refractivity contribution in [3.63, 3.8) is 0 Å². The predicted octanol–water partition coefficient (Wildman–Crippen LogP) is 3.22. The van der Waals surface area contributed by atoms with Crippen molar-refractivity contribution in [2.24, 2.45) is 0 Å². The van der Waals surface area contributed by atoms with Crippen molar-refractivity contribution in [3.8, 4) is 11.5 Å². The quantitative estimate of drug-likeness (QED) is 0.746. The second kappa shape index (κ2) is 7.32. The highest BCUT2D eigenvalue weighted by molar-refractivity contribution is 6.32. The molecule has 2 aromatic rings. The number of nitrogens with zero attached hydrogens (tertiary/aromatic N) is 2. The van der Waals surface area contributed by atoms with Crippen molar-refractivity contribution in [1.29, 1.82) is 0 Å². The summed E-state index contributed by atoms with van der Waals surface area (Å²) in [6.45, 7) is 3.75. The third-order valence-electron chi connectivity index (χ3n) is 3.00. The Morgan fingerprint density at radius 2 is 2.04 bits per heavy atom. The van der Waals surface area contributed by atoms with E-state index in [0.29, 0.717) is 17.3 Å². The summed E-state index contributed by atoms with van der Waals surface area (Å²) >= 11 is 6.06. The van der Waals surface area contributed by atoms with Crippen LogP contribution in [-0.4, -0.2) is 30.3 Å². The van der Waals surface area contributed by atoms with Gasteiger partial charge in [0.05, 0.1) is 24.8 Å². The van der Waals surface area contributed by atoms with Crippen molar-refractivity contribution < 1.29 is 23.5 Å². The topological polar surface area (TPSA) is 83.7 Å². The third kappa shape index (κ3) is 3.92. The first-order chi connectivity index (χ1) is 11.0. The van der Waals surface area contributed by atoms with E-state index in [1.807, 2.05) is 13.8 Å². The highest BCUT2D eigenvalue weighted by atomic mass is 35.5. The molecule has 0 N–H and O–H groups in total. The Morgan fingerprint density at radius 1 is 1.30 bits per heavy atom. The first kappa shape index (κ1) is 17.1. The van der Waals surface area contributed by atoms with Crippen LogP contribution >= 0.6 is 11.6 Å². The number of carbonyl (C=O) groups excluding carboxylic acids is 1. The molecule has 0 unspecified atom stereocenters. The van der Waals surface area contributed by atoms with Gasteiger partial charge < -0.3 is 18.7 Å². The lowest BCUT2D eigenvalue weighted by atomic mass is 10.2. The lowest BCUT2D eigenvalue weighted by Crippen LogP contribution is -2.06. The zero-order chi connectivity index (χ0) is 17.0. The van der Waals surface area contributed by atoms with Crippen molar-refractivity contribution in [2.75, 3.05) is 14.2 Å². The zero-order valence-corrected chi connectivity index (χ0v) is 14.0. The van der Waals surface area contributed by atoms with E-state index in [1.165, 1.54) is 26.4 Å². The minimum Gasteiger partial charge on any atom is -0.493 e. The van der Waals surface area contributed by atoms with Crippen molar-refractivity contribution in [2.45, 2.75) is 26.4 Å². The Balaban J connectivity index is 2.09. The maximum absolute atomic E-state index is 12.1. The van der Waals surface area contributed by atoms with Gasteiger partial charge in [-0.2, -0.15) is 4.98 Å². The number of ether oxygens (including phenoxy) is 3. The number of esters is 1. The third-order valence-corrected chi connectivity index (χ3v) is 3.28. The van der Waals surface area contributed by atoms with Crippen LogP contribution in [0, 0.1) is 0 Å². The number of halogens is 1. The number of hydrogen-bond acceptors (Lipinski definition) is 7. The molecule has 0 saturated carbocycles. The number of benzene rings is 1. The molecule has 23 heavy (non-hydrogen) atoms. The highest BCUT2D eigenvalue weighted by Gasteiger charge is 2.17. The largest absolute Gasteiger partial charge is 0.493 e. The Hall–Kier alpha value is -2.28. The molecular formula is C15H17ClN2O5. The van der Waals surface area contributed by atoms with Gasteiger partial charge in [-0.3, -0.25) is 0 Å². The molecule has 0 amide bonds. The van der Waals surface area contributed by atoms with Gasteiger partial charge in [0.1, 0.15) is 0 Å². The zero-order valence-electron chi connectivity index (χ0n) is 13.3. The van der Waals surface area contributed by atoms with Gasteiger partial charge in [0, 0.05) is 5.92 Å². The predicted molar refractivity (Wildman–Crippen MR) is 82.1 cm³/mol. The van der Waals surface area contributed by atoms with Crippen LogP contribution in [-0.2, 0) is 11.3 Å². The van der Waals surface area contributed by atoms with Crippen LogP contribution in [0.25, 0.3) is 0 Å². The molecule has 1 aromatic heterocycles. The summed E-state index contributed by atoms with van der Waals surface area (Å²) in [4.78, 5) is 16.2. The molecule has 7 nitrogen and oxygen atoms in total. The molecule has 0 spiro atoms. The standard InChI is InChI=1S/C15H17ClN2O5/c1-8(2)14-17-12(23-18-14)7-22-15(19)9-5-10(16)13(21-4)11(6-9)20-3/h5-6,8H,7H2,1-4H3. The Kier molecular flexibility index (Phi) is 5.44. The molecule has 0 atom stereocenters. The van der Waals surface area contributed by atoms with Crippen LogP contribution in [0.2, 0.25) is 5.02 Å². The summed E-state index contributed by atoms with van der Waals surface area (Å²) in [5, 5.41) is 4.04. The maximum atomic E-state index is 12.1. The fourth-order valence-corrected chi connectivity index (χ4v) is 2.10. The Bertz CT molecular complexity index is 699. The average molecular weight is 341 g/mol. The summed E-state index contributed by atoms with van der Waals surface area (Å²) in [7, 11) is 2.92. The second-order valence-electron chi connectivity index (χ2n) is 4.97. The van der Waals surface area contributed by atoms with Gasteiger partial charge in [-0.15, -0.1) is 0 Å². The fourth-order valence-electron chi connectivity index (χ4n) is 1.81. The SMILES string of the molecule is COc1cc(C(=O)OCc2nc(C(C)C)no2)cc(Cl)c1OC. The van der Waals surface area contributed by atoms with Crippen molar-refractivity contribution >= 4 is 17.6 Å². The Labute approximate surface area is 138 Å². The molecule has 0 aliphatic heterocycles. The normalized spacial score (nSPS) is 10.7. The van der Waals surface area contributed by atoms with Gasteiger partial charge in [-0.05, 0) is 12.1 Å². The Morgan fingerprint density at radius 3 is 2.61 bits per heavy atom. The molecule has 0 aliphatic carbocycles. The molecule has 0 aliphatic rings. The van der Waals surface area contributed by atoms with E-state index in [4.69, 9.17) is 30.3 Å². The van der Waals surface area contributed by atoms with Crippen LogP contribution in [0.1, 0.15) is 41.8 Å². The number of aromatic nitrogens is 2. The van der Waals surface area contributed by atoms with E-state index in [-0.39, 0.29) is 29.0 Å². The molecule has 0 bridgehead atoms. The minimum absolute atomic E-state index is 0.121. The average Bonchev–Trinajstić information content (AvgIpc) is 3.00. The number of carbonyl (C=O) groups is 1. The van der Waals surface area contributed by atoms with Crippen molar-refractivity contribution in [1.82, 2.24) is 10.1 Å². The molecule has 1 heterocycles. The van der Waals surface area contributed by atoms with Gasteiger partial charge in [-0.25, -0.2) is 4.79 Å². The number of methoxy groups -OCH3 is 2. The fraction of sp³-hybridized carbons (Fsp3) is 0.400. The summed E-state index contributed by atoms with van der Waals surface area (Å²) in [6, 6.07) is 2.93. The van der Waals surface area contributed by atoms with Crippen LogP contribution < -0.4 is 9.47 Å². The van der Waals surface area contributed by atoms with Gasteiger partial charge in [-0.1, -0.05) is 30.6 Å². The summed E-state index contributed by atoms with van der Waals surface area (Å²) in [6.07, 6.45) is 0. The van der Waals surface area contributed by atoms with E-state index >= 15 is 0 Å². The highest BCUT2D eigenvalue weighted by Crippen LogP contribution is 2.36. The van der Waals surface area contributed by atoms with E-state index in [0.717, 1.165) is 0 Å². The molecule has 1 aromatic carbocycles. The lowest BCUT2D eigenvalue weighted by molar-refractivity contribution is 0.0429. The van der Waals surface area contributed by atoms with Crippen LogP contribution in [0.15, 0.2) is 16.7 Å². The van der Waals surface area contributed by atoms with E-state index < -0.39 is 5.97 Å². The smallest absolute Gasteiger partial charge is 0.338 e. The first-order valence-electron chi connectivity index (χ1n) is 6.87. The van der Waals surface area contributed by atoms with Gasteiger partial charge in [0.15, 0.2) is 23.9 Å². The molecule has 0 radical (unpaired) electrons. The van der Waals surface area contributed by atoms with E-state index in [2.05, 4.69) is 10.1 Å². The van der Waals surface area contributed by atoms with Crippen molar-refractivity contribution in [3.05, 3.63) is 34.4 Å².